The number of benzene rings is 1. The number of rotatable bonds is 4. The van der Waals surface area contributed by atoms with Crippen LogP contribution in [0, 0.1) is 18.3 Å². The maximum atomic E-state index is 12.5. The van der Waals surface area contributed by atoms with Gasteiger partial charge in [-0.15, -0.1) is 6.42 Å². The highest BCUT2D eigenvalue weighted by atomic mass is 16.2. The SMILES string of the molecule is C#CCN(CC1CC1)C(=O)C1Cc2ccccc2N1. The monoisotopic (exact) mass is 254 g/mol. The van der Waals surface area contributed by atoms with E-state index in [4.69, 9.17) is 6.42 Å². The molecule has 1 aromatic rings. The number of anilines is 1. The summed E-state index contributed by atoms with van der Waals surface area (Å²) < 4.78 is 0. The number of amides is 1. The third-order valence-electron chi connectivity index (χ3n) is 3.84. The maximum absolute atomic E-state index is 12.5. The predicted octanol–water partition coefficient (Wildman–Crippen LogP) is 1.89. The Labute approximate surface area is 114 Å². The highest BCUT2D eigenvalue weighted by Gasteiger charge is 2.32. The average Bonchev–Trinajstić information content (AvgIpc) is 3.13. The van der Waals surface area contributed by atoms with Gasteiger partial charge >= 0.3 is 0 Å². The number of hydrogen-bond donors (Lipinski definition) is 1. The van der Waals surface area contributed by atoms with Gasteiger partial charge in [-0.1, -0.05) is 24.1 Å². The van der Waals surface area contributed by atoms with Crippen molar-refractivity contribution in [3.8, 4) is 12.3 Å². The number of hydrogen-bond acceptors (Lipinski definition) is 2. The first-order valence-corrected chi connectivity index (χ1v) is 6.84. The van der Waals surface area contributed by atoms with Crippen molar-refractivity contribution in [1.82, 2.24) is 4.90 Å². The number of carbonyl (C=O) groups excluding carboxylic acids is 1. The zero-order valence-corrected chi connectivity index (χ0v) is 10.9. The first-order chi connectivity index (χ1) is 9.28. The van der Waals surface area contributed by atoms with E-state index in [1.165, 1.54) is 18.4 Å². The molecule has 1 heterocycles. The van der Waals surface area contributed by atoms with Crippen LogP contribution in [0.3, 0.4) is 0 Å². The van der Waals surface area contributed by atoms with Crippen LogP contribution in [0.15, 0.2) is 24.3 Å². The summed E-state index contributed by atoms with van der Waals surface area (Å²) in [5.74, 6) is 3.41. The Bertz CT molecular complexity index is 503. The van der Waals surface area contributed by atoms with Gasteiger partial charge in [-0.25, -0.2) is 0 Å². The third kappa shape index (κ3) is 2.58. The Morgan fingerprint density at radius 3 is 2.89 bits per heavy atom. The molecule has 98 valence electrons. The fourth-order valence-corrected chi connectivity index (χ4v) is 2.62. The molecule has 19 heavy (non-hydrogen) atoms. The highest BCUT2D eigenvalue weighted by molar-refractivity contribution is 5.87. The number of carbonyl (C=O) groups is 1. The van der Waals surface area contributed by atoms with E-state index >= 15 is 0 Å². The molecule has 1 aliphatic carbocycles. The van der Waals surface area contributed by atoms with Crippen molar-refractivity contribution in [2.24, 2.45) is 5.92 Å². The summed E-state index contributed by atoms with van der Waals surface area (Å²) in [6, 6.07) is 7.94. The van der Waals surface area contributed by atoms with Gasteiger partial charge in [0, 0.05) is 18.7 Å². The van der Waals surface area contributed by atoms with Crippen LogP contribution in [0.1, 0.15) is 18.4 Å². The number of nitrogens with one attached hydrogen (secondary N) is 1. The van der Waals surface area contributed by atoms with Crippen LogP contribution in [-0.2, 0) is 11.2 Å². The summed E-state index contributed by atoms with van der Waals surface area (Å²) in [6.45, 7) is 1.24. The molecule has 3 rings (SSSR count). The molecule has 0 aromatic heterocycles. The van der Waals surface area contributed by atoms with E-state index in [1.54, 1.807) is 0 Å². The van der Waals surface area contributed by atoms with Crippen LogP contribution in [0.4, 0.5) is 5.69 Å². The van der Waals surface area contributed by atoms with Crippen LogP contribution in [0.25, 0.3) is 0 Å². The number of para-hydroxylation sites is 1. The van der Waals surface area contributed by atoms with Gasteiger partial charge in [0.25, 0.3) is 0 Å². The third-order valence-corrected chi connectivity index (χ3v) is 3.84. The molecule has 0 spiro atoms. The quantitative estimate of drug-likeness (QED) is 0.832. The van der Waals surface area contributed by atoms with E-state index in [9.17, 15) is 4.79 Å². The Morgan fingerprint density at radius 1 is 1.42 bits per heavy atom. The molecule has 1 saturated carbocycles. The molecule has 0 saturated heterocycles. The van der Waals surface area contributed by atoms with E-state index in [1.807, 2.05) is 23.1 Å². The molecular formula is C16H18N2O. The number of fused-ring (bicyclic) bond motifs is 1. The first kappa shape index (κ1) is 12.1. The van der Waals surface area contributed by atoms with E-state index in [0.29, 0.717) is 12.5 Å². The first-order valence-electron chi connectivity index (χ1n) is 6.84. The molecule has 1 atom stereocenters. The molecule has 1 aromatic carbocycles. The minimum Gasteiger partial charge on any atom is -0.373 e. The smallest absolute Gasteiger partial charge is 0.246 e. The summed E-state index contributed by atoms with van der Waals surface area (Å²) in [5, 5.41) is 3.31. The predicted molar refractivity (Wildman–Crippen MR) is 75.7 cm³/mol. The van der Waals surface area contributed by atoms with Crippen molar-refractivity contribution in [2.45, 2.75) is 25.3 Å². The molecule has 1 fully saturated rings. The van der Waals surface area contributed by atoms with Gasteiger partial charge < -0.3 is 10.2 Å². The lowest BCUT2D eigenvalue weighted by Gasteiger charge is -2.23. The standard InChI is InChI=1S/C16H18N2O/c1-2-9-18(11-12-7-8-12)16(19)15-10-13-5-3-4-6-14(13)17-15/h1,3-6,12,15,17H,7-11H2. The van der Waals surface area contributed by atoms with Crippen LogP contribution < -0.4 is 5.32 Å². The van der Waals surface area contributed by atoms with Crippen molar-refractivity contribution in [3.63, 3.8) is 0 Å². The average molecular weight is 254 g/mol. The fourth-order valence-electron chi connectivity index (χ4n) is 2.62. The summed E-state index contributed by atoms with van der Waals surface area (Å²) in [6.07, 6.45) is 8.60. The second-order valence-electron chi connectivity index (χ2n) is 5.42. The summed E-state index contributed by atoms with van der Waals surface area (Å²) in [5.41, 5.74) is 2.29. The van der Waals surface area contributed by atoms with Crippen LogP contribution in [0.5, 0.6) is 0 Å². The van der Waals surface area contributed by atoms with Gasteiger partial charge in [0.1, 0.15) is 6.04 Å². The molecule has 1 N–H and O–H groups in total. The molecule has 1 unspecified atom stereocenters. The Kier molecular flexibility index (Phi) is 3.16. The Balaban J connectivity index is 1.68. The number of nitrogens with zero attached hydrogens (tertiary/aromatic N) is 1. The molecular weight excluding hydrogens is 236 g/mol. The minimum atomic E-state index is -0.149. The van der Waals surface area contributed by atoms with E-state index in [2.05, 4.69) is 17.3 Å². The maximum Gasteiger partial charge on any atom is 0.246 e. The normalized spacial score (nSPS) is 20.3. The molecule has 3 heteroatoms. The van der Waals surface area contributed by atoms with Crippen molar-refractivity contribution < 1.29 is 4.79 Å². The minimum absolute atomic E-state index is 0.140. The van der Waals surface area contributed by atoms with E-state index in [0.717, 1.165) is 18.7 Å². The van der Waals surface area contributed by atoms with Crippen LogP contribution in [-0.4, -0.2) is 29.9 Å². The number of terminal acetylenes is 1. The van der Waals surface area contributed by atoms with Crippen LogP contribution >= 0.6 is 0 Å². The van der Waals surface area contributed by atoms with Crippen molar-refractivity contribution in [1.29, 1.82) is 0 Å². The van der Waals surface area contributed by atoms with Gasteiger partial charge in [-0.2, -0.15) is 0 Å². The van der Waals surface area contributed by atoms with Crippen molar-refractivity contribution in [2.75, 3.05) is 18.4 Å². The van der Waals surface area contributed by atoms with Gasteiger partial charge in [0.2, 0.25) is 5.91 Å². The second-order valence-corrected chi connectivity index (χ2v) is 5.42. The van der Waals surface area contributed by atoms with E-state index in [-0.39, 0.29) is 11.9 Å². The molecule has 1 amide bonds. The Hall–Kier alpha value is -1.95. The van der Waals surface area contributed by atoms with Gasteiger partial charge in [0.05, 0.1) is 6.54 Å². The van der Waals surface area contributed by atoms with Gasteiger partial charge in [0.15, 0.2) is 0 Å². The zero-order chi connectivity index (χ0) is 13.2. The van der Waals surface area contributed by atoms with Gasteiger partial charge in [-0.3, -0.25) is 4.79 Å². The lowest BCUT2D eigenvalue weighted by atomic mass is 10.1. The van der Waals surface area contributed by atoms with Gasteiger partial charge in [-0.05, 0) is 30.4 Å². The molecule has 2 aliphatic rings. The van der Waals surface area contributed by atoms with E-state index < -0.39 is 0 Å². The van der Waals surface area contributed by atoms with Crippen molar-refractivity contribution in [3.05, 3.63) is 29.8 Å². The largest absolute Gasteiger partial charge is 0.373 e. The Morgan fingerprint density at radius 2 is 2.21 bits per heavy atom. The topological polar surface area (TPSA) is 32.3 Å². The molecule has 3 nitrogen and oxygen atoms in total. The zero-order valence-electron chi connectivity index (χ0n) is 10.9. The van der Waals surface area contributed by atoms with Crippen molar-refractivity contribution >= 4 is 11.6 Å². The second kappa shape index (κ2) is 4.97. The summed E-state index contributed by atoms with van der Waals surface area (Å²) in [7, 11) is 0. The van der Waals surface area contributed by atoms with Crippen LogP contribution in [0.2, 0.25) is 0 Å². The lowest BCUT2D eigenvalue weighted by molar-refractivity contribution is -0.131. The fraction of sp³-hybridized carbons (Fsp3) is 0.438. The summed E-state index contributed by atoms with van der Waals surface area (Å²) >= 11 is 0. The molecule has 0 bridgehead atoms. The molecule has 0 radical (unpaired) electrons. The lowest BCUT2D eigenvalue weighted by Crippen LogP contribution is -2.43. The summed E-state index contributed by atoms with van der Waals surface area (Å²) in [4.78, 5) is 14.4. The molecule has 1 aliphatic heterocycles. The highest BCUT2D eigenvalue weighted by Crippen LogP contribution is 2.31.